The molecule has 0 aliphatic carbocycles. The Kier molecular flexibility index (Phi) is 3.43. The lowest BCUT2D eigenvalue weighted by atomic mass is 9.92. The minimum atomic E-state index is -1.19. The molecule has 114 valence electrons. The van der Waals surface area contributed by atoms with Crippen molar-refractivity contribution in [1.82, 2.24) is 9.88 Å². The largest absolute Gasteiger partial charge is 0.465 e. The van der Waals surface area contributed by atoms with Crippen LogP contribution in [0.5, 0.6) is 0 Å². The van der Waals surface area contributed by atoms with Crippen LogP contribution in [0.25, 0.3) is 0 Å². The summed E-state index contributed by atoms with van der Waals surface area (Å²) < 4.78 is 13.9. The van der Waals surface area contributed by atoms with E-state index in [4.69, 9.17) is 16.7 Å². The fraction of sp³-hybridized carbons (Fsp3) is 0.571. The van der Waals surface area contributed by atoms with E-state index < -0.39 is 11.8 Å². The highest BCUT2D eigenvalue weighted by molar-refractivity contribution is 6.29. The molecule has 1 N–H and O–H groups in total. The second-order valence-corrected chi connectivity index (χ2v) is 6.44. The van der Waals surface area contributed by atoms with Crippen LogP contribution in [0.4, 0.5) is 15.0 Å². The molecular weight excluding hydrogens is 297 g/mol. The van der Waals surface area contributed by atoms with Crippen LogP contribution in [0.3, 0.4) is 0 Å². The van der Waals surface area contributed by atoms with Crippen molar-refractivity contribution < 1.29 is 14.3 Å². The van der Waals surface area contributed by atoms with Gasteiger partial charge in [0.2, 0.25) is 0 Å². The zero-order chi connectivity index (χ0) is 15.2. The number of aromatic nitrogens is 1. The van der Waals surface area contributed by atoms with Gasteiger partial charge in [-0.1, -0.05) is 11.6 Å². The minimum Gasteiger partial charge on any atom is -0.465 e. The summed E-state index contributed by atoms with van der Waals surface area (Å²) in [7, 11) is 0. The van der Waals surface area contributed by atoms with Gasteiger partial charge in [-0.05, 0) is 24.6 Å². The van der Waals surface area contributed by atoms with Crippen molar-refractivity contribution in [3.05, 3.63) is 22.8 Å². The Labute approximate surface area is 127 Å². The van der Waals surface area contributed by atoms with Gasteiger partial charge in [-0.25, -0.2) is 14.2 Å². The van der Waals surface area contributed by atoms with Gasteiger partial charge in [0.05, 0.1) is 6.54 Å². The lowest BCUT2D eigenvalue weighted by Gasteiger charge is -2.37. The maximum Gasteiger partial charge on any atom is 0.407 e. The molecule has 21 heavy (non-hydrogen) atoms. The number of hydrogen-bond acceptors (Lipinski definition) is 3. The van der Waals surface area contributed by atoms with E-state index >= 15 is 0 Å². The number of anilines is 1. The maximum absolute atomic E-state index is 13.9. The molecule has 2 aliphatic heterocycles. The molecular formula is C14H17ClFN3O2. The molecule has 0 radical (unpaired) electrons. The van der Waals surface area contributed by atoms with Crippen LogP contribution < -0.4 is 4.90 Å². The number of carbonyl (C=O) groups is 1. The van der Waals surface area contributed by atoms with Gasteiger partial charge in [-0.3, -0.25) is 0 Å². The molecule has 1 aromatic rings. The Morgan fingerprint density at radius 1 is 1.52 bits per heavy atom. The number of carboxylic acid groups (broad SMARTS) is 1. The van der Waals surface area contributed by atoms with Crippen LogP contribution in [-0.4, -0.2) is 52.9 Å². The Hall–Kier alpha value is -1.56. The zero-order valence-electron chi connectivity index (χ0n) is 11.7. The van der Waals surface area contributed by atoms with E-state index in [9.17, 15) is 9.18 Å². The van der Waals surface area contributed by atoms with Gasteiger partial charge in [-0.15, -0.1) is 0 Å². The highest BCUT2D eigenvalue weighted by atomic mass is 35.5. The topological polar surface area (TPSA) is 56.7 Å². The Bertz CT molecular complexity index is 575. The van der Waals surface area contributed by atoms with E-state index in [1.165, 1.54) is 4.90 Å². The number of alkyl halides is 1. The van der Waals surface area contributed by atoms with E-state index in [2.05, 4.69) is 4.98 Å². The van der Waals surface area contributed by atoms with Crippen LogP contribution in [-0.2, 0) is 0 Å². The third-order valence-electron chi connectivity index (χ3n) is 4.17. The third-order valence-corrected chi connectivity index (χ3v) is 4.37. The van der Waals surface area contributed by atoms with Crippen molar-refractivity contribution in [3.8, 4) is 0 Å². The zero-order valence-corrected chi connectivity index (χ0v) is 12.5. The summed E-state index contributed by atoms with van der Waals surface area (Å²) >= 11 is 6.06. The first-order valence-electron chi connectivity index (χ1n) is 6.93. The predicted molar refractivity (Wildman–Crippen MR) is 77.9 cm³/mol. The molecule has 7 heteroatoms. The van der Waals surface area contributed by atoms with Crippen LogP contribution in [0, 0.1) is 0 Å². The molecule has 1 aromatic heterocycles. The summed E-state index contributed by atoms with van der Waals surface area (Å²) in [6.45, 7) is 3.46. The van der Waals surface area contributed by atoms with E-state index in [-0.39, 0.29) is 5.92 Å². The van der Waals surface area contributed by atoms with E-state index in [1.54, 1.807) is 13.0 Å². The Morgan fingerprint density at radius 2 is 2.24 bits per heavy atom. The molecule has 0 saturated carbocycles. The van der Waals surface area contributed by atoms with Gasteiger partial charge in [0, 0.05) is 32.0 Å². The third kappa shape index (κ3) is 2.90. The molecule has 5 nitrogen and oxygen atoms in total. The van der Waals surface area contributed by atoms with Crippen LogP contribution in [0.1, 0.15) is 24.8 Å². The highest BCUT2D eigenvalue weighted by Gasteiger charge is 2.36. The number of amides is 1. The standard InChI is InChI=1S/C14H17ClFN3O2/c1-14(16)2-3-18(8-14)12-5-9(4-11(15)17-12)10-6-19(7-10)13(20)21/h4-5,10H,2-3,6-8H2,1H3,(H,20,21). The molecule has 1 unspecified atom stereocenters. The fourth-order valence-electron chi connectivity index (χ4n) is 2.87. The van der Waals surface area contributed by atoms with Crippen molar-refractivity contribution in [2.75, 3.05) is 31.1 Å². The van der Waals surface area contributed by atoms with Gasteiger partial charge < -0.3 is 14.9 Å². The monoisotopic (exact) mass is 313 g/mol. The minimum absolute atomic E-state index is 0.139. The predicted octanol–water partition coefficient (Wildman–Crippen LogP) is 2.75. The van der Waals surface area contributed by atoms with E-state index in [0.717, 1.165) is 5.56 Å². The van der Waals surface area contributed by atoms with Crippen LogP contribution in [0.15, 0.2) is 12.1 Å². The molecule has 3 rings (SSSR count). The molecule has 0 spiro atoms. The number of halogens is 2. The molecule has 0 bridgehead atoms. The number of likely N-dealkylation sites (tertiary alicyclic amines) is 1. The summed E-state index contributed by atoms with van der Waals surface area (Å²) in [5.74, 6) is 0.812. The highest BCUT2D eigenvalue weighted by Crippen LogP contribution is 2.33. The Morgan fingerprint density at radius 3 is 2.81 bits per heavy atom. The average Bonchev–Trinajstić information content (AvgIpc) is 2.66. The van der Waals surface area contributed by atoms with E-state index in [0.29, 0.717) is 43.6 Å². The number of pyridine rings is 1. The lowest BCUT2D eigenvalue weighted by Crippen LogP contribution is -2.47. The second-order valence-electron chi connectivity index (χ2n) is 6.05. The smallest absolute Gasteiger partial charge is 0.407 e. The van der Waals surface area contributed by atoms with Crippen molar-refractivity contribution in [1.29, 1.82) is 0 Å². The molecule has 2 fully saturated rings. The summed E-state index contributed by atoms with van der Waals surface area (Å²) in [6, 6.07) is 3.66. The Balaban J connectivity index is 1.77. The van der Waals surface area contributed by atoms with Crippen molar-refractivity contribution in [2.24, 2.45) is 0 Å². The van der Waals surface area contributed by atoms with E-state index in [1.807, 2.05) is 11.0 Å². The average molecular weight is 314 g/mol. The molecule has 1 amide bonds. The maximum atomic E-state index is 13.9. The number of nitrogens with zero attached hydrogens (tertiary/aromatic N) is 3. The first-order valence-corrected chi connectivity index (χ1v) is 7.31. The van der Waals surface area contributed by atoms with Crippen molar-refractivity contribution in [2.45, 2.75) is 24.9 Å². The summed E-state index contributed by atoms with van der Waals surface area (Å²) in [5, 5.41) is 9.24. The second kappa shape index (κ2) is 5.02. The molecule has 0 aromatic carbocycles. The van der Waals surface area contributed by atoms with Gasteiger partial charge in [0.1, 0.15) is 16.6 Å². The van der Waals surface area contributed by atoms with Crippen LogP contribution in [0.2, 0.25) is 5.15 Å². The number of hydrogen-bond donors (Lipinski definition) is 1. The molecule has 3 heterocycles. The molecule has 2 aliphatic rings. The summed E-state index contributed by atoms with van der Waals surface area (Å²) in [6.07, 6.45) is -0.424. The first-order chi connectivity index (χ1) is 9.84. The van der Waals surface area contributed by atoms with Crippen molar-refractivity contribution >= 4 is 23.5 Å². The summed E-state index contributed by atoms with van der Waals surface area (Å²) in [4.78, 5) is 18.3. The molecule has 2 saturated heterocycles. The SMILES string of the molecule is CC1(F)CCN(c2cc(C3CN(C(=O)O)C3)cc(Cl)n2)C1. The van der Waals surface area contributed by atoms with Gasteiger partial charge >= 0.3 is 6.09 Å². The van der Waals surface area contributed by atoms with Gasteiger partial charge in [0.25, 0.3) is 0 Å². The summed E-state index contributed by atoms with van der Waals surface area (Å²) in [5.41, 5.74) is -0.226. The van der Waals surface area contributed by atoms with Crippen molar-refractivity contribution in [3.63, 3.8) is 0 Å². The quantitative estimate of drug-likeness (QED) is 0.853. The first kappa shape index (κ1) is 14.4. The van der Waals surface area contributed by atoms with Gasteiger partial charge in [-0.2, -0.15) is 0 Å². The molecule has 1 atom stereocenters. The fourth-order valence-corrected chi connectivity index (χ4v) is 3.08. The number of rotatable bonds is 2. The lowest BCUT2D eigenvalue weighted by molar-refractivity contribution is 0.105. The normalized spacial score (nSPS) is 26.0. The van der Waals surface area contributed by atoms with Crippen LogP contribution >= 0.6 is 11.6 Å². The van der Waals surface area contributed by atoms with Gasteiger partial charge in [0.15, 0.2) is 0 Å².